The molecule has 0 aliphatic heterocycles. The van der Waals surface area contributed by atoms with Crippen LogP contribution in [0.3, 0.4) is 0 Å². The molecular formula is C14H22N2O2S2. The van der Waals surface area contributed by atoms with Gasteiger partial charge in [0.1, 0.15) is 0 Å². The first-order valence-electron chi connectivity index (χ1n) is 7.05. The van der Waals surface area contributed by atoms with Gasteiger partial charge in [-0.25, -0.2) is 13.1 Å². The second-order valence-corrected chi connectivity index (χ2v) is 7.99. The van der Waals surface area contributed by atoms with E-state index in [1.54, 1.807) is 36.9 Å². The molecule has 1 saturated carbocycles. The van der Waals surface area contributed by atoms with E-state index in [1.165, 1.54) is 25.7 Å². The molecule has 0 atom stereocenters. The zero-order valence-electron chi connectivity index (χ0n) is 11.8. The topological polar surface area (TPSA) is 72.2 Å². The van der Waals surface area contributed by atoms with Crippen LogP contribution in [-0.2, 0) is 10.0 Å². The normalized spacial score (nSPS) is 16.6. The van der Waals surface area contributed by atoms with E-state index in [9.17, 15) is 8.42 Å². The van der Waals surface area contributed by atoms with Gasteiger partial charge >= 0.3 is 0 Å². The quantitative estimate of drug-likeness (QED) is 0.625. The van der Waals surface area contributed by atoms with Crippen LogP contribution >= 0.6 is 11.8 Å². The van der Waals surface area contributed by atoms with Gasteiger partial charge in [-0.3, -0.25) is 0 Å². The van der Waals surface area contributed by atoms with Crippen LogP contribution < -0.4 is 10.5 Å². The molecule has 0 heterocycles. The Bertz CT molecular complexity index is 552. The zero-order chi connectivity index (χ0) is 14.6. The van der Waals surface area contributed by atoms with Crippen LogP contribution in [0.4, 0.5) is 5.69 Å². The largest absolute Gasteiger partial charge is 0.398 e. The maximum Gasteiger partial charge on any atom is 0.240 e. The SMILES string of the molecule is CCNS(=O)(=O)c1ccc(N)c(SCC2CCCC2)c1. The maximum absolute atomic E-state index is 12.0. The molecule has 0 spiro atoms. The van der Waals surface area contributed by atoms with Crippen molar-refractivity contribution in [1.82, 2.24) is 4.72 Å². The van der Waals surface area contributed by atoms with Gasteiger partial charge in [0.25, 0.3) is 0 Å². The van der Waals surface area contributed by atoms with Crippen LogP contribution in [0, 0.1) is 5.92 Å². The molecule has 1 aromatic rings. The summed E-state index contributed by atoms with van der Waals surface area (Å²) in [6.45, 7) is 2.15. The number of nitrogens with two attached hydrogens (primary N) is 1. The Morgan fingerprint density at radius 3 is 2.70 bits per heavy atom. The molecule has 2 rings (SSSR count). The predicted molar refractivity (Wildman–Crippen MR) is 84.4 cm³/mol. The summed E-state index contributed by atoms with van der Waals surface area (Å²) in [5, 5.41) is 0. The summed E-state index contributed by atoms with van der Waals surface area (Å²) in [6.07, 6.45) is 5.19. The highest BCUT2D eigenvalue weighted by atomic mass is 32.2. The Balaban J connectivity index is 2.11. The average molecular weight is 314 g/mol. The van der Waals surface area contributed by atoms with Crippen molar-refractivity contribution in [2.45, 2.75) is 42.4 Å². The molecule has 6 heteroatoms. The van der Waals surface area contributed by atoms with Crippen LogP contribution in [0.25, 0.3) is 0 Å². The highest BCUT2D eigenvalue weighted by Gasteiger charge is 2.18. The minimum atomic E-state index is -3.41. The molecule has 0 saturated heterocycles. The average Bonchev–Trinajstić information content (AvgIpc) is 2.90. The van der Waals surface area contributed by atoms with Crippen molar-refractivity contribution in [3.8, 4) is 0 Å². The number of sulfonamides is 1. The van der Waals surface area contributed by atoms with Crippen molar-refractivity contribution in [2.24, 2.45) is 5.92 Å². The highest BCUT2D eigenvalue weighted by molar-refractivity contribution is 7.99. The van der Waals surface area contributed by atoms with Gasteiger partial charge in [-0.05, 0) is 37.0 Å². The van der Waals surface area contributed by atoms with E-state index in [0.29, 0.717) is 17.1 Å². The van der Waals surface area contributed by atoms with Gasteiger partial charge in [0.2, 0.25) is 10.0 Å². The van der Waals surface area contributed by atoms with E-state index >= 15 is 0 Å². The van der Waals surface area contributed by atoms with E-state index in [2.05, 4.69) is 4.72 Å². The summed E-state index contributed by atoms with van der Waals surface area (Å²) in [4.78, 5) is 1.17. The van der Waals surface area contributed by atoms with E-state index < -0.39 is 10.0 Å². The zero-order valence-corrected chi connectivity index (χ0v) is 13.4. The number of hydrogen-bond donors (Lipinski definition) is 2. The summed E-state index contributed by atoms with van der Waals surface area (Å²) < 4.78 is 26.5. The van der Waals surface area contributed by atoms with E-state index in [0.717, 1.165) is 16.6 Å². The van der Waals surface area contributed by atoms with Gasteiger partial charge < -0.3 is 5.73 Å². The third kappa shape index (κ3) is 3.90. The Morgan fingerprint density at radius 2 is 2.05 bits per heavy atom. The number of anilines is 1. The Kier molecular flexibility index (Phi) is 5.35. The fourth-order valence-corrected chi connectivity index (χ4v) is 4.80. The molecule has 0 amide bonds. The van der Waals surface area contributed by atoms with E-state index in [-0.39, 0.29) is 0 Å². The van der Waals surface area contributed by atoms with Crippen LogP contribution in [0.5, 0.6) is 0 Å². The van der Waals surface area contributed by atoms with Crippen molar-refractivity contribution in [3.63, 3.8) is 0 Å². The van der Waals surface area contributed by atoms with E-state index in [4.69, 9.17) is 5.73 Å². The molecule has 112 valence electrons. The van der Waals surface area contributed by atoms with Crippen molar-refractivity contribution in [2.75, 3.05) is 18.0 Å². The smallest absolute Gasteiger partial charge is 0.240 e. The molecular weight excluding hydrogens is 292 g/mol. The van der Waals surface area contributed by atoms with Gasteiger partial charge in [-0.15, -0.1) is 11.8 Å². The highest BCUT2D eigenvalue weighted by Crippen LogP contribution is 2.34. The second kappa shape index (κ2) is 6.83. The molecule has 4 nitrogen and oxygen atoms in total. The summed E-state index contributed by atoms with van der Waals surface area (Å²) in [7, 11) is -3.41. The monoisotopic (exact) mass is 314 g/mol. The lowest BCUT2D eigenvalue weighted by Crippen LogP contribution is -2.23. The van der Waals surface area contributed by atoms with Gasteiger partial charge in [0, 0.05) is 22.9 Å². The molecule has 20 heavy (non-hydrogen) atoms. The first-order chi connectivity index (χ1) is 9.53. The van der Waals surface area contributed by atoms with Crippen LogP contribution in [0.15, 0.2) is 28.0 Å². The Hall–Kier alpha value is -0.720. The van der Waals surface area contributed by atoms with Gasteiger partial charge in [0.15, 0.2) is 0 Å². The maximum atomic E-state index is 12.0. The van der Waals surface area contributed by atoms with Gasteiger partial charge in [-0.1, -0.05) is 19.8 Å². The number of thioether (sulfide) groups is 1. The van der Waals surface area contributed by atoms with Gasteiger partial charge in [0.05, 0.1) is 4.90 Å². The standard InChI is InChI=1S/C14H22N2O2S2/c1-2-16-20(17,18)12-7-8-13(15)14(9-12)19-10-11-5-3-4-6-11/h7-9,11,16H,2-6,10,15H2,1H3. The number of hydrogen-bond acceptors (Lipinski definition) is 4. The van der Waals surface area contributed by atoms with E-state index in [1.807, 2.05) is 0 Å². The third-order valence-corrected chi connectivity index (χ3v) is 6.42. The molecule has 1 aromatic carbocycles. The summed E-state index contributed by atoms with van der Waals surface area (Å²) in [6, 6.07) is 4.93. The van der Waals surface area contributed by atoms with Crippen molar-refractivity contribution in [1.29, 1.82) is 0 Å². The lowest BCUT2D eigenvalue weighted by molar-refractivity contribution is 0.583. The summed E-state index contributed by atoms with van der Waals surface area (Å²) in [5.74, 6) is 1.77. The Morgan fingerprint density at radius 1 is 1.35 bits per heavy atom. The van der Waals surface area contributed by atoms with Crippen LogP contribution in [-0.4, -0.2) is 20.7 Å². The minimum absolute atomic E-state index is 0.294. The lowest BCUT2D eigenvalue weighted by atomic mass is 10.1. The lowest BCUT2D eigenvalue weighted by Gasteiger charge is -2.12. The molecule has 1 fully saturated rings. The van der Waals surface area contributed by atoms with Gasteiger partial charge in [-0.2, -0.15) is 0 Å². The molecule has 0 unspecified atom stereocenters. The predicted octanol–water partition coefficient (Wildman–Crippen LogP) is 2.85. The fraction of sp³-hybridized carbons (Fsp3) is 0.571. The van der Waals surface area contributed by atoms with Crippen molar-refractivity contribution in [3.05, 3.63) is 18.2 Å². The summed E-state index contributed by atoms with van der Waals surface area (Å²) >= 11 is 1.68. The molecule has 0 aromatic heterocycles. The molecule has 1 aliphatic carbocycles. The second-order valence-electron chi connectivity index (χ2n) is 5.16. The van der Waals surface area contributed by atoms with Crippen molar-refractivity contribution < 1.29 is 8.42 Å². The minimum Gasteiger partial charge on any atom is -0.398 e. The van der Waals surface area contributed by atoms with Crippen LogP contribution in [0.2, 0.25) is 0 Å². The molecule has 0 radical (unpaired) electrons. The molecule has 1 aliphatic rings. The van der Waals surface area contributed by atoms with Crippen molar-refractivity contribution >= 4 is 27.5 Å². The number of benzene rings is 1. The molecule has 3 N–H and O–H groups in total. The van der Waals surface area contributed by atoms with Crippen LogP contribution in [0.1, 0.15) is 32.6 Å². The first-order valence-corrected chi connectivity index (χ1v) is 9.52. The first kappa shape index (κ1) is 15.7. The number of rotatable bonds is 6. The summed E-state index contributed by atoms with van der Waals surface area (Å²) in [5.41, 5.74) is 6.61. The number of nitrogen functional groups attached to an aromatic ring is 1. The fourth-order valence-electron chi connectivity index (χ4n) is 2.46. The Labute approximate surface area is 125 Å². The number of nitrogens with one attached hydrogen (secondary N) is 1. The molecule has 0 bridgehead atoms. The third-order valence-electron chi connectivity index (χ3n) is 3.58.